The number of alkyl halides is 1. The van der Waals surface area contributed by atoms with Gasteiger partial charge in [-0.15, -0.1) is 0 Å². The Bertz CT molecular complexity index is 569. The van der Waals surface area contributed by atoms with Crippen molar-refractivity contribution in [3.05, 3.63) is 54.6 Å². The number of ether oxygens (including phenoxy) is 3. The Morgan fingerprint density at radius 3 is 2.19 bits per heavy atom. The van der Waals surface area contributed by atoms with Gasteiger partial charge in [0.15, 0.2) is 0 Å². The van der Waals surface area contributed by atoms with Crippen molar-refractivity contribution in [2.45, 2.75) is 13.3 Å². The lowest BCUT2D eigenvalue weighted by molar-refractivity contribution is -0.159. The minimum Gasteiger partial charge on any atom is -0.461 e. The quantitative estimate of drug-likeness (QED) is 0.761. The number of para-hydroxylation sites is 1. The number of hydrogen-bond acceptors (Lipinski definition) is 4. The molecule has 0 fully saturated rings. The predicted octanol–water partition coefficient (Wildman–Crippen LogP) is 3.72. The van der Waals surface area contributed by atoms with Crippen molar-refractivity contribution in [3.63, 3.8) is 0 Å². The molecule has 2 aromatic carbocycles. The first kappa shape index (κ1) is 14.8. The van der Waals surface area contributed by atoms with Gasteiger partial charge >= 0.3 is 12.3 Å². The Hall–Kier alpha value is -2.56. The lowest BCUT2D eigenvalue weighted by atomic mass is 10.3. The summed E-state index contributed by atoms with van der Waals surface area (Å²) in [7, 11) is 0. The Labute approximate surface area is 122 Å². The molecule has 0 saturated heterocycles. The monoisotopic (exact) mass is 290 g/mol. The van der Waals surface area contributed by atoms with Crippen molar-refractivity contribution in [2.24, 2.45) is 0 Å². The van der Waals surface area contributed by atoms with Gasteiger partial charge in [-0.25, -0.2) is 4.79 Å². The highest BCUT2D eigenvalue weighted by Gasteiger charge is 2.20. The number of carbonyl (C=O) groups excluding carboxylic acids is 1. The molecule has 0 bridgehead atoms. The van der Waals surface area contributed by atoms with Gasteiger partial charge in [0, 0.05) is 0 Å². The molecular weight excluding hydrogens is 275 g/mol. The van der Waals surface area contributed by atoms with Gasteiger partial charge in [0.1, 0.15) is 17.2 Å². The minimum atomic E-state index is -2.13. The summed E-state index contributed by atoms with van der Waals surface area (Å²) >= 11 is 0. The van der Waals surface area contributed by atoms with Crippen LogP contribution in [0.4, 0.5) is 4.39 Å². The van der Waals surface area contributed by atoms with Crippen LogP contribution in [0.25, 0.3) is 0 Å². The van der Waals surface area contributed by atoms with E-state index in [1.54, 1.807) is 19.1 Å². The summed E-state index contributed by atoms with van der Waals surface area (Å²) in [6, 6.07) is 15.5. The summed E-state index contributed by atoms with van der Waals surface area (Å²) in [5.41, 5.74) is 0. The van der Waals surface area contributed by atoms with Gasteiger partial charge in [-0.1, -0.05) is 18.2 Å². The summed E-state index contributed by atoms with van der Waals surface area (Å²) in [4.78, 5) is 11.1. The van der Waals surface area contributed by atoms with Gasteiger partial charge < -0.3 is 14.2 Å². The SMILES string of the molecule is CCOC(=O)C(F)Oc1ccc(Oc2ccccc2)cc1. The third kappa shape index (κ3) is 4.49. The Morgan fingerprint density at radius 2 is 1.57 bits per heavy atom. The smallest absolute Gasteiger partial charge is 0.381 e. The normalized spacial score (nSPS) is 11.5. The maximum atomic E-state index is 13.4. The number of benzene rings is 2. The van der Waals surface area contributed by atoms with Crippen molar-refractivity contribution >= 4 is 5.97 Å². The zero-order valence-electron chi connectivity index (χ0n) is 11.5. The second-order valence-corrected chi connectivity index (χ2v) is 4.07. The van der Waals surface area contributed by atoms with Crippen molar-refractivity contribution in [2.75, 3.05) is 6.61 Å². The predicted molar refractivity (Wildman–Crippen MR) is 75.1 cm³/mol. The molecule has 2 aromatic rings. The van der Waals surface area contributed by atoms with Crippen LogP contribution in [0.5, 0.6) is 17.2 Å². The van der Waals surface area contributed by atoms with E-state index >= 15 is 0 Å². The third-order valence-electron chi connectivity index (χ3n) is 2.51. The highest BCUT2D eigenvalue weighted by Crippen LogP contribution is 2.24. The van der Waals surface area contributed by atoms with Crippen LogP contribution < -0.4 is 9.47 Å². The fraction of sp³-hybridized carbons (Fsp3) is 0.188. The Morgan fingerprint density at radius 1 is 1.00 bits per heavy atom. The van der Waals surface area contributed by atoms with E-state index in [1.807, 2.05) is 30.3 Å². The molecule has 0 N–H and O–H groups in total. The van der Waals surface area contributed by atoms with Crippen molar-refractivity contribution < 1.29 is 23.4 Å². The average Bonchev–Trinajstić information content (AvgIpc) is 2.50. The number of rotatable bonds is 6. The average molecular weight is 290 g/mol. The molecule has 0 aliphatic heterocycles. The van der Waals surface area contributed by atoms with E-state index in [0.29, 0.717) is 11.5 Å². The molecule has 0 aliphatic carbocycles. The van der Waals surface area contributed by atoms with Crippen LogP contribution in [0.1, 0.15) is 6.92 Å². The van der Waals surface area contributed by atoms with Gasteiger partial charge in [0.2, 0.25) is 0 Å². The first-order valence-corrected chi connectivity index (χ1v) is 6.49. The van der Waals surface area contributed by atoms with Gasteiger partial charge in [-0.2, -0.15) is 4.39 Å². The van der Waals surface area contributed by atoms with Crippen LogP contribution >= 0.6 is 0 Å². The number of esters is 1. The van der Waals surface area contributed by atoms with Crippen molar-refractivity contribution in [1.29, 1.82) is 0 Å². The maximum Gasteiger partial charge on any atom is 0.381 e. The van der Waals surface area contributed by atoms with E-state index in [9.17, 15) is 9.18 Å². The first-order valence-electron chi connectivity index (χ1n) is 6.49. The molecule has 0 amide bonds. The zero-order chi connectivity index (χ0) is 15.1. The lowest BCUT2D eigenvalue weighted by Gasteiger charge is -2.11. The van der Waals surface area contributed by atoms with Gasteiger partial charge in [0.25, 0.3) is 0 Å². The number of carbonyl (C=O) groups is 1. The van der Waals surface area contributed by atoms with Crippen LogP contribution in [-0.4, -0.2) is 18.9 Å². The number of halogens is 1. The van der Waals surface area contributed by atoms with E-state index < -0.39 is 12.3 Å². The van der Waals surface area contributed by atoms with Crippen LogP contribution in [0.2, 0.25) is 0 Å². The molecule has 0 radical (unpaired) electrons. The van der Waals surface area contributed by atoms with E-state index in [1.165, 1.54) is 12.1 Å². The van der Waals surface area contributed by atoms with Crippen LogP contribution in [0.15, 0.2) is 54.6 Å². The van der Waals surface area contributed by atoms with E-state index in [2.05, 4.69) is 4.74 Å². The fourth-order valence-electron chi connectivity index (χ4n) is 1.59. The lowest BCUT2D eigenvalue weighted by Crippen LogP contribution is -2.24. The Kier molecular flexibility index (Phi) is 5.15. The maximum absolute atomic E-state index is 13.4. The molecule has 5 heteroatoms. The first-order chi connectivity index (χ1) is 10.2. The van der Waals surface area contributed by atoms with E-state index in [-0.39, 0.29) is 12.4 Å². The molecular formula is C16H15FO4. The van der Waals surface area contributed by atoms with Crippen LogP contribution in [0.3, 0.4) is 0 Å². The molecule has 0 heterocycles. The second kappa shape index (κ2) is 7.28. The zero-order valence-corrected chi connectivity index (χ0v) is 11.5. The molecule has 1 atom stereocenters. The molecule has 4 nitrogen and oxygen atoms in total. The molecule has 2 rings (SSSR count). The van der Waals surface area contributed by atoms with Crippen molar-refractivity contribution in [1.82, 2.24) is 0 Å². The number of hydrogen-bond donors (Lipinski definition) is 0. The topological polar surface area (TPSA) is 44.8 Å². The molecule has 110 valence electrons. The standard InChI is InChI=1S/C16H15FO4/c1-2-19-16(18)15(17)21-14-10-8-13(9-11-14)20-12-6-4-3-5-7-12/h3-11,15H,2H2,1H3. The van der Waals surface area contributed by atoms with Gasteiger partial charge in [0.05, 0.1) is 6.61 Å². The van der Waals surface area contributed by atoms with Crippen LogP contribution in [0, 0.1) is 0 Å². The van der Waals surface area contributed by atoms with E-state index in [4.69, 9.17) is 9.47 Å². The third-order valence-corrected chi connectivity index (χ3v) is 2.51. The minimum absolute atomic E-state index is 0.104. The highest BCUT2D eigenvalue weighted by molar-refractivity contribution is 5.73. The largest absolute Gasteiger partial charge is 0.461 e. The second-order valence-electron chi connectivity index (χ2n) is 4.07. The Balaban J connectivity index is 1.94. The fourth-order valence-corrected chi connectivity index (χ4v) is 1.59. The molecule has 0 spiro atoms. The van der Waals surface area contributed by atoms with Gasteiger partial charge in [-0.05, 0) is 43.3 Å². The molecule has 0 aliphatic rings. The molecule has 0 aromatic heterocycles. The molecule has 21 heavy (non-hydrogen) atoms. The molecule has 0 saturated carbocycles. The summed E-state index contributed by atoms with van der Waals surface area (Å²) in [6.45, 7) is 1.70. The van der Waals surface area contributed by atoms with Gasteiger partial charge in [-0.3, -0.25) is 0 Å². The van der Waals surface area contributed by atoms with Crippen LogP contribution in [-0.2, 0) is 9.53 Å². The summed E-state index contributed by atoms with van der Waals surface area (Å²) in [5.74, 6) is 0.458. The summed E-state index contributed by atoms with van der Waals surface area (Å²) in [6.07, 6.45) is -2.13. The summed E-state index contributed by atoms with van der Waals surface area (Å²) in [5, 5.41) is 0. The molecule has 1 unspecified atom stereocenters. The highest BCUT2D eigenvalue weighted by atomic mass is 19.1. The van der Waals surface area contributed by atoms with E-state index in [0.717, 1.165) is 0 Å². The van der Waals surface area contributed by atoms with Crippen molar-refractivity contribution in [3.8, 4) is 17.2 Å². The summed E-state index contributed by atoms with van der Waals surface area (Å²) < 4.78 is 28.3.